The van der Waals surface area contributed by atoms with Crippen LogP contribution in [0.4, 0.5) is 17.6 Å². The molecule has 2 aromatic rings. The number of nitrogens with one attached hydrogen (secondary N) is 2. The highest BCUT2D eigenvalue weighted by Gasteiger charge is 2.25. The van der Waals surface area contributed by atoms with Crippen molar-refractivity contribution in [1.29, 1.82) is 0 Å². The van der Waals surface area contributed by atoms with Crippen LogP contribution >= 0.6 is 11.8 Å². The van der Waals surface area contributed by atoms with Gasteiger partial charge >= 0.3 is 0 Å². The second kappa shape index (κ2) is 7.69. The van der Waals surface area contributed by atoms with Crippen LogP contribution < -0.4 is 16.4 Å². The van der Waals surface area contributed by atoms with Crippen LogP contribution in [-0.2, 0) is 10.5 Å². The van der Waals surface area contributed by atoms with Crippen molar-refractivity contribution in [2.24, 2.45) is 0 Å². The monoisotopic (exact) mass is 358 g/mol. The van der Waals surface area contributed by atoms with Crippen LogP contribution in [0.3, 0.4) is 0 Å². The first-order chi connectivity index (χ1) is 12.0. The van der Waals surface area contributed by atoms with Gasteiger partial charge in [-0.1, -0.05) is 18.2 Å². The van der Waals surface area contributed by atoms with E-state index in [0.717, 1.165) is 24.1 Å². The largest absolute Gasteiger partial charge is 0.368 e. The maximum absolute atomic E-state index is 12.0. The van der Waals surface area contributed by atoms with E-state index in [0.29, 0.717) is 23.6 Å². The van der Waals surface area contributed by atoms with Crippen LogP contribution in [0.2, 0.25) is 0 Å². The van der Waals surface area contributed by atoms with Crippen LogP contribution in [0.25, 0.3) is 0 Å². The summed E-state index contributed by atoms with van der Waals surface area (Å²) in [5, 5.41) is 6.01. The Bertz CT molecular complexity index is 765. The van der Waals surface area contributed by atoms with E-state index in [1.807, 2.05) is 38.1 Å². The lowest BCUT2D eigenvalue weighted by molar-refractivity contribution is -0.120. The summed E-state index contributed by atoms with van der Waals surface area (Å²) in [5.41, 5.74) is 7.81. The lowest BCUT2D eigenvalue weighted by Crippen LogP contribution is -2.32. The maximum atomic E-state index is 12.0. The van der Waals surface area contributed by atoms with Crippen molar-refractivity contribution in [2.75, 3.05) is 11.1 Å². The molecule has 7 nitrogen and oxygen atoms in total. The first-order valence-electron chi connectivity index (χ1n) is 8.26. The van der Waals surface area contributed by atoms with E-state index >= 15 is 0 Å². The topological polar surface area (TPSA) is 106 Å². The van der Waals surface area contributed by atoms with Crippen LogP contribution in [0.15, 0.2) is 24.3 Å². The van der Waals surface area contributed by atoms with Gasteiger partial charge in [0.2, 0.25) is 17.8 Å². The number of nitrogens with zero attached hydrogens (tertiary/aromatic N) is 3. The first-order valence-corrected chi connectivity index (χ1v) is 9.31. The number of carbonyl (C=O) groups excluding carboxylic acids is 1. The minimum absolute atomic E-state index is 0.0628. The molecule has 0 radical (unpaired) electrons. The van der Waals surface area contributed by atoms with Gasteiger partial charge in [0.05, 0.1) is 11.0 Å². The molecule has 0 bridgehead atoms. The zero-order valence-electron chi connectivity index (χ0n) is 14.3. The quantitative estimate of drug-likeness (QED) is 0.698. The Kier molecular flexibility index (Phi) is 5.37. The fraction of sp³-hybridized carbons (Fsp3) is 0.412. The highest BCUT2D eigenvalue weighted by Crippen LogP contribution is 2.22. The summed E-state index contributed by atoms with van der Waals surface area (Å²) in [6, 6.07) is 8.24. The molecule has 3 rings (SSSR count). The van der Waals surface area contributed by atoms with Gasteiger partial charge in [0.15, 0.2) is 0 Å². The Labute approximate surface area is 151 Å². The lowest BCUT2D eigenvalue weighted by Gasteiger charge is -2.12. The predicted molar refractivity (Wildman–Crippen MR) is 101 cm³/mol. The summed E-state index contributed by atoms with van der Waals surface area (Å²) in [5.74, 6) is 1.69. The van der Waals surface area contributed by atoms with Crippen molar-refractivity contribution in [3.05, 3.63) is 35.7 Å². The Morgan fingerprint density at radius 2 is 2.08 bits per heavy atom. The smallest absolute Gasteiger partial charge is 0.233 e. The molecule has 1 aliphatic rings. The van der Waals surface area contributed by atoms with Crippen LogP contribution in [0.1, 0.15) is 31.2 Å². The second-order valence-corrected chi connectivity index (χ2v) is 7.44. The van der Waals surface area contributed by atoms with Gasteiger partial charge in [-0.25, -0.2) is 0 Å². The van der Waals surface area contributed by atoms with E-state index in [1.54, 1.807) is 0 Å². The summed E-state index contributed by atoms with van der Waals surface area (Å²) in [7, 11) is 0. The zero-order valence-corrected chi connectivity index (χ0v) is 15.1. The van der Waals surface area contributed by atoms with Gasteiger partial charge in [-0.15, -0.1) is 11.8 Å². The summed E-state index contributed by atoms with van der Waals surface area (Å²) in [6.45, 7) is 3.89. The van der Waals surface area contributed by atoms with E-state index in [1.165, 1.54) is 11.8 Å². The molecule has 1 aliphatic carbocycles. The van der Waals surface area contributed by atoms with Gasteiger partial charge in [-0.2, -0.15) is 15.0 Å². The van der Waals surface area contributed by atoms with Gasteiger partial charge < -0.3 is 16.4 Å². The molecule has 1 amide bonds. The molecule has 8 heteroatoms. The number of rotatable bonds is 7. The molecule has 0 aliphatic heterocycles. The van der Waals surface area contributed by atoms with Crippen LogP contribution in [0, 0.1) is 6.92 Å². The maximum Gasteiger partial charge on any atom is 0.233 e. The molecule has 1 unspecified atom stereocenters. The normalized spacial score (nSPS) is 14.8. The number of aromatic nitrogens is 3. The molecular weight excluding hydrogens is 336 g/mol. The number of carbonyl (C=O) groups is 1. The molecule has 1 heterocycles. The van der Waals surface area contributed by atoms with E-state index in [4.69, 9.17) is 5.73 Å². The number of amides is 1. The number of anilines is 3. The molecule has 132 valence electrons. The third kappa shape index (κ3) is 5.06. The summed E-state index contributed by atoms with van der Waals surface area (Å²) < 4.78 is 0. The fourth-order valence-electron chi connectivity index (χ4n) is 2.21. The fourth-order valence-corrected chi connectivity index (χ4v) is 2.96. The van der Waals surface area contributed by atoms with E-state index in [9.17, 15) is 4.79 Å². The molecule has 1 saturated carbocycles. The van der Waals surface area contributed by atoms with E-state index in [-0.39, 0.29) is 17.1 Å². The SMILES string of the molecule is Cc1ccccc1Nc1nc(N)nc(CSC(C)C(=O)NC2CC2)n1. The van der Waals surface area contributed by atoms with Crippen LogP contribution in [-0.4, -0.2) is 32.2 Å². The molecule has 25 heavy (non-hydrogen) atoms. The second-order valence-electron chi connectivity index (χ2n) is 6.11. The first kappa shape index (κ1) is 17.5. The Hall–Kier alpha value is -2.35. The summed E-state index contributed by atoms with van der Waals surface area (Å²) in [6.07, 6.45) is 2.17. The Morgan fingerprint density at radius 3 is 2.80 bits per heavy atom. The molecule has 1 aromatic heterocycles. The average Bonchev–Trinajstić information content (AvgIpc) is 3.38. The highest BCUT2D eigenvalue weighted by atomic mass is 32.2. The summed E-state index contributed by atoms with van der Waals surface area (Å²) >= 11 is 1.49. The van der Waals surface area contributed by atoms with Gasteiger partial charge in [0, 0.05) is 11.7 Å². The Balaban J connectivity index is 1.62. The molecule has 1 atom stereocenters. The number of para-hydroxylation sites is 1. The van der Waals surface area contributed by atoms with Crippen molar-refractivity contribution < 1.29 is 4.79 Å². The zero-order chi connectivity index (χ0) is 17.8. The average molecular weight is 358 g/mol. The minimum atomic E-state index is -0.161. The number of thioether (sulfide) groups is 1. The van der Waals surface area contributed by atoms with Gasteiger partial charge in [-0.3, -0.25) is 4.79 Å². The van der Waals surface area contributed by atoms with E-state index in [2.05, 4.69) is 25.6 Å². The van der Waals surface area contributed by atoms with Gasteiger partial charge in [0.1, 0.15) is 5.82 Å². The lowest BCUT2D eigenvalue weighted by atomic mass is 10.2. The van der Waals surface area contributed by atoms with E-state index < -0.39 is 0 Å². The predicted octanol–water partition coefficient (Wildman–Crippen LogP) is 2.41. The number of aryl methyl sites for hydroxylation is 1. The van der Waals surface area contributed by atoms with Gasteiger partial charge in [-0.05, 0) is 38.3 Å². The highest BCUT2D eigenvalue weighted by molar-refractivity contribution is 7.99. The molecule has 1 fully saturated rings. The number of nitrogens with two attached hydrogens (primary N) is 1. The van der Waals surface area contributed by atoms with Gasteiger partial charge in [0.25, 0.3) is 0 Å². The summed E-state index contributed by atoms with van der Waals surface area (Å²) in [4.78, 5) is 24.7. The minimum Gasteiger partial charge on any atom is -0.368 e. The van der Waals surface area contributed by atoms with Crippen LogP contribution in [0.5, 0.6) is 0 Å². The third-order valence-corrected chi connectivity index (χ3v) is 4.98. The molecule has 0 spiro atoms. The number of hydrogen-bond acceptors (Lipinski definition) is 7. The molecule has 1 aromatic carbocycles. The number of nitrogen functional groups attached to an aromatic ring is 1. The number of hydrogen-bond donors (Lipinski definition) is 3. The van der Waals surface area contributed by atoms with Crippen molar-refractivity contribution in [2.45, 2.75) is 43.7 Å². The van der Waals surface area contributed by atoms with Crippen molar-refractivity contribution in [3.8, 4) is 0 Å². The molecule has 4 N–H and O–H groups in total. The molecule has 0 saturated heterocycles. The molecular formula is C17H22N6OS. The third-order valence-electron chi connectivity index (χ3n) is 3.85. The number of benzene rings is 1. The van der Waals surface area contributed by atoms with Crippen molar-refractivity contribution in [3.63, 3.8) is 0 Å². The van der Waals surface area contributed by atoms with Crippen molar-refractivity contribution in [1.82, 2.24) is 20.3 Å². The Morgan fingerprint density at radius 1 is 1.32 bits per heavy atom. The standard InChI is InChI=1S/C17H22N6OS/c1-10-5-3-4-6-13(10)20-17-22-14(21-16(18)23-17)9-25-11(2)15(24)19-12-7-8-12/h3-6,11-12H,7-9H2,1-2H3,(H,19,24)(H3,18,20,21,22,23). The van der Waals surface area contributed by atoms with Crippen molar-refractivity contribution >= 4 is 35.3 Å².